The number of halogens is 3. The number of anilines is 1. The highest BCUT2D eigenvalue weighted by Gasteiger charge is 2.35. The Balaban J connectivity index is 1.89. The van der Waals surface area contributed by atoms with Crippen LogP contribution in [0.5, 0.6) is 0 Å². The molecule has 1 atom stereocenters. The minimum atomic E-state index is -4.64. The van der Waals surface area contributed by atoms with E-state index >= 15 is 0 Å². The number of aromatic nitrogens is 2. The monoisotopic (exact) mass is 384 g/mol. The second-order valence-corrected chi connectivity index (χ2v) is 5.67. The molecule has 0 bridgehead atoms. The number of alkyl halides is 3. The SMILES string of the molecule is O=[N+]([O-])c1ccc([N+](=O)[O-])c(C2CNN(c3nccc(C(F)(F)F)n3)C2)c1. The van der Waals surface area contributed by atoms with Gasteiger partial charge in [-0.3, -0.25) is 25.2 Å². The Labute approximate surface area is 148 Å². The Morgan fingerprint density at radius 3 is 2.56 bits per heavy atom. The van der Waals surface area contributed by atoms with E-state index in [1.54, 1.807) is 0 Å². The minimum Gasteiger partial charge on any atom is -0.275 e. The molecule has 1 fully saturated rings. The van der Waals surface area contributed by atoms with Gasteiger partial charge in [-0.15, -0.1) is 0 Å². The van der Waals surface area contributed by atoms with Crippen LogP contribution in [0.4, 0.5) is 30.5 Å². The van der Waals surface area contributed by atoms with Crippen LogP contribution in [0, 0.1) is 20.2 Å². The Morgan fingerprint density at radius 2 is 1.93 bits per heavy atom. The molecule has 1 aromatic heterocycles. The molecule has 0 amide bonds. The van der Waals surface area contributed by atoms with Crippen LogP contribution < -0.4 is 10.4 Å². The van der Waals surface area contributed by atoms with E-state index < -0.39 is 27.6 Å². The van der Waals surface area contributed by atoms with Crippen molar-refractivity contribution in [3.63, 3.8) is 0 Å². The summed E-state index contributed by atoms with van der Waals surface area (Å²) in [7, 11) is 0. The summed E-state index contributed by atoms with van der Waals surface area (Å²) in [4.78, 5) is 28.0. The van der Waals surface area contributed by atoms with Gasteiger partial charge in [0, 0.05) is 49.0 Å². The van der Waals surface area contributed by atoms with Crippen molar-refractivity contribution < 1.29 is 23.0 Å². The summed E-state index contributed by atoms with van der Waals surface area (Å²) in [6.07, 6.45) is -3.69. The fraction of sp³-hybridized carbons (Fsp3) is 0.286. The van der Waals surface area contributed by atoms with E-state index in [9.17, 15) is 33.4 Å². The fourth-order valence-corrected chi connectivity index (χ4v) is 2.72. The van der Waals surface area contributed by atoms with Gasteiger partial charge in [-0.05, 0) is 6.07 Å². The number of nitrogens with one attached hydrogen (secondary N) is 1. The van der Waals surface area contributed by atoms with Crippen LogP contribution in [-0.4, -0.2) is 32.9 Å². The predicted molar refractivity (Wildman–Crippen MR) is 84.9 cm³/mol. The van der Waals surface area contributed by atoms with Gasteiger partial charge < -0.3 is 0 Å². The first-order valence-electron chi connectivity index (χ1n) is 7.51. The Kier molecular flexibility index (Phi) is 4.61. The summed E-state index contributed by atoms with van der Waals surface area (Å²) in [5.74, 6) is -0.830. The highest BCUT2D eigenvalue weighted by atomic mass is 19.4. The zero-order valence-electron chi connectivity index (χ0n) is 13.4. The first-order chi connectivity index (χ1) is 12.7. The van der Waals surface area contributed by atoms with Gasteiger partial charge in [0.15, 0.2) is 0 Å². The topological polar surface area (TPSA) is 127 Å². The summed E-state index contributed by atoms with van der Waals surface area (Å²) in [5.41, 5.74) is 1.12. The van der Waals surface area contributed by atoms with E-state index in [0.29, 0.717) is 0 Å². The number of non-ortho nitro benzene ring substituents is 1. The standard InChI is InChI=1S/C14H11F3N6O4/c15-14(16,17)12-3-4-18-13(20-12)21-7-8(6-19-21)10-5-9(22(24)25)1-2-11(10)23(26)27/h1-5,8,19H,6-7H2. The maximum absolute atomic E-state index is 12.8. The van der Waals surface area contributed by atoms with Gasteiger partial charge >= 0.3 is 6.18 Å². The van der Waals surface area contributed by atoms with Crippen LogP contribution in [0.1, 0.15) is 17.2 Å². The van der Waals surface area contributed by atoms with E-state index in [1.807, 2.05) is 0 Å². The fourth-order valence-electron chi connectivity index (χ4n) is 2.72. The molecule has 0 saturated carbocycles. The zero-order valence-corrected chi connectivity index (χ0v) is 13.4. The van der Waals surface area contributed by atoms with E-state index in [-0.39, 0.29) is 36.0 Å². The summed E-state index contributed by atoms with van der Waals surface area (Å²) in [5, 5.41) is 23.4. The lowest BCUT2D eigenvalue weighted by Gasteiger charge is -2.17. The van der Waals surface area contributed by atoms with E-state index in [4.69, 9.17) is 0 Å². The molecule has 13 heteroatoms. The van der Waals surface area contributed by atoms with Crippen molar-refractivity contribution in [2.45, 2.75) is 12.1 Å². The maximum Gasteiger partial charge on any atom is 0.433 e. The molecule has 1 aromatic carbocycles. The number of nitro benzene ring substituents is 2. The van der Waals surface area contributed by atoms with Crippen LogP contribution in [0.15, 0.2) is 30.5 Å². The lowest BCUT2D eigenvalue weighted by Crippen LogP contribution is -2.32. The molecular weight excluding hydrogens is 373 g/mol. The second kappa shape index (κ2) is 6.75. The molecule has 1 aliphatic heterocycles. The van der Waals surface area contributed by atoms with Crippen molar-refractivity contribution in [2.75, 3.05) is 18.1 Å². The number of hydrogen-bond acceptors (Lipinski definition) is 8. The normalized spacial score (nSPS) is 17.1. The van der Waals surface area contributed by atoms with E-state index in [2.05, 4.69) is 15.4 Å². The average molecular weight is 384 g/mol. The molecule has 27 heavy (non-hydrogen) atoms. The van der Waals surface area contributed by atoms with Gasteiger partial charge in [0.2, 0.25) is 5.95 Å². The molecule has 142 valence electrons. The number of rotatable bonds is 4. The number of nitro groups is 2. The number of hydrogen-bond donors (Lipinski definition) is 1. The smallest absolute Gasteiger partial charge is 0.275 e. The summed E-state index contributed by atoms with van der Waals surface area (Å²) < 4.78 is 38.4. The zero-order chi connectivity index (χ0) is 19.8. The van der Waals surface area contributed by atoms with Crippen molar-refractivity contribution in [3.05, 3.63) is 61.9 Å². The lowest BCUT2D eigenvalue weighted by atomic mass is 9.97. The van der Waals surface area contributed by atoms with Crippen LogP contribution in [-0.2, 0) is 6.18 Å². The quantitative estimate of drug-likeness (QED) is 0.629. The second-order valence-electron chi connectivity index (χ2n) is 5.67. The molecular formula is C14H11F3N6O4. The third kappa shape index (κ3) is 3.76. The molecule has 1 N–H and O–H groups in total. The first kappa shape index (κ1) is 18.4. The maximum atomic E-state index is 12.8. The minimum absolute atomic E-state index is 0.00329. The molecule has 1 unspecified atom stereocenters. The van der Waals surface area contributed by atoms with Crippen molar-refractivity contribution in [1.82, 2.24) is 15.4 Å². The van der Waals surface area contributed by atoms with Gasteiger partial charge in [0.05, 0.1) is 9.85 Å². The van der Waals surface area contributed by atoms with Gasteiger partial charge in [0.1, 0.15) is 5.69 Å². The Bertz CT molecular complexity index is 907. The van der Waals surface area contributed by atoms with E-state index in [0.717, 1.165) is 30.5 Å². The van der Waals surface area contributed by atoms with Crippen molar-refractivity contribution in [3.8, 4) is 0 Å². The summed E-state index contributed by atoms with van der Waals surface area (Å²) >= 11 is 0. The molecule has 3 rings (SSSR count). The van der Waals surface area contributed by atoms with Gasteiger partial charge in [-0.25, -0.2) is 15.4 Å². The van der Waals surface area contributed by atoms with E-state index in [1.165, 1.54) is 5.01 Å². The van der Waals surface area contributed by atoms with Crippen LogP contribution in [0.2, 0.25) is 0 Å². The molecule has 1 saturated heterocycles. The van der Waals surface area contributed by atoms with Crippen LogP contribution in [0.3, 0.4) is 0 Å². The van der Waals surface area contributed by atoms with Crippen LogP contribution >= 0.6 is 0 Å². The molecule has 0 spiro atoms. The third-order valence-electron chi connectivity index (χ3n) is 3.96. The molecule has 1 aliphatic rings. The molecule has 2 heterocycles. The van der Waals surface area contributed by atoms with Crippen molar-refractivity contribution >= 4 is 17.3 Å². The van der Waals surface area contributed by atoms with Gasteiger partial charge in [-0.2, -0.15) is 13.2 Å². The van der Waals surface area contributed by atoms with Crippen molar-refractivity contribution in [1.29, 1.82) is 0 Å². The average Bonchev–Trinajstić information content (AvgIpc) is 3.10. The Hall–Kier alpha value is -3.35. The van der Waals surface area contributed by atoms with Crippen molar-refractivity contribution in [2.24, 2.45) is 0 Å². The molecule has 0 aliphatic carbocycles. The summed E-state index contributed by atoms with van der Waals surface area (Å²) in [6.45, 7) is 0.116. The molecule has 2 aromatic rings. The predicted octanol–water partition coefficient (Wildman–Crippen LogP) is 2.42. The number of hydrazine groups is 1. The molecule has 10 nitrogen and oxygen atoms in total. The third-order valence-corrected chi connectivity index (χ3v) is 3.96. The lowest BCUT2D eigenvalue weighted by molar-refractivity contribution is -0.389. The highest BCUT2D eigenvalue weighted by molar-refractivity contribution is 5.51. The van der Waals surface area contributed by atoms with Crippen LogP contribution in [0.25, 0.3) is 0 Å². The van der Waals surface area contributed by atoms with Gasteiger partial charge in [0.25, 0.3) is 11.4 Å². The summed E-state index contributed by atoms with van der Waals surface area (Å²) in [6, 6.07) is 3.89. The first-order valence-corrected chi connectivity index (χ1v) is 7.51. The highest BCUT2D eigenvalue weighted by Crippen LogP contribution is 2.34. The number of nitrogens with zero attached hydrogens (tertiary/aromatic N) is 5. The van der Waals surface area contributed by atoms with Gasteiger partial charge in [-0.1, -0.05) is 0 Å². The molecule has 0 radical (unpaired) electrons. The largest absolute Gasteiger partial charge is 0.433 e. The Morgan fingerprint density at radius 1 is 1.19 bits per heavy atom. The number of benzene rings is 1.